The van der Waals surface area contributed by atoms with Crippen molar-refractivity contribution in [3.8, 4) is 6.07 Å². The summed E-state index contributed by atoms with van der Waals surface area (Å²) in [5, 5.41) is 12.2. The summed E-state index contributed by atoms with van der Waals surface area (Å²) >= 11 is 0. The van der Waals surface area contributed by atoms with Crippen molar-refractivity contribution in [2.45, 2.75) is 31.8 Å². The number of nitrogens with zero attached hydrogens (tertiary/aromatic N) is 2. The maximum Gasteiger partial charge on any atom is 0.101 e. The Morgan fingerprint density at radius 2 is 2.28 bits per heavy atom. The second-order valence-electron chi connectivity index (χ2n) is 5.04. The molecule has 0 aliphatic heterocycles. The molecular weight excluding hydrogens is 224 g/mol. The number of nitrogen functional groups attached to an aromatic ring is 1. The Kier molecular flexibility index (Phi) is 3.73. The van der Waals surface area contributed by atoms with Crippen LogP contribution in [-0.2, 0) is 0 Å². The zero-order valence-electron chi connectivity index (χ0n) is 11.0. The summed E-state index contributed by atoms with van der Waals surface area (Å²) in [4.78, 5) is 2.42. The first-order chi connectivity index (χ1) is 8.61. The summed E-state index contributed by atoms with van der Waals surface area (Å²) in [7, 11) is 2.18. The van der Waals surface area contributed by atoms with Gasteiger partial charge in [-0.1, -0.05) is 0 Å². The fraction of sp³-hybridized carbons (Fsp3) is 0.500. The fourth-order valence-electron chi connectivity index (χ4n) is 2.03. The van der Waals surface area contributed by atoms with E-state index in [4.69, 9.17) is 11.0 Å². The minimum atomic E-state index is 0.495. The summed E-state index contributed by atoms with van der Waals surface area (Å²) < 4.78 is 0. The van der Waals surface area contributed by atoms with E-state index < -0.39 is 0 Å². The summed E-state index contributed by atoms with van der Waals surface area (Å²) in [5.41, 5.74) is 7.82. The molecule has 18 heavy (non-hydrogen) atoms. The van der Waals surface area contributed by atoms with E-state index in [2.05, 4.69) is 30.3 Å². The molecule has 0 bridgehead atoms. The quantitative estimate of drug-likeness (QED) is 0.778. The van der Waals surface area contributed by atoms with E-state index in [1.54, 1.807) is 6.07 Å². The van der Waals surface area contributed by atoms with Crippen molar-refractivity contribution in [1.29, 1.82) is 5.26 Å². The van der Waals surface area contributed by atoms with Crippen molar-refractivity contribution < 1.29 is 0 Å². The monoisotopic (exact) mass is 244 g/mol. The third-order valence-corrected chi connectivity index (χ3v) is 3.59. The van der Waals surface area contributed by atoms with Crippen molar-refractivity contribution in [3.63, 3.8) is 0 Å². The van der Waals surface area contributed by atoms with Gasteiger partial charge in [0.05, 0.1) is 11.3 Å². The van der Waals surface area contributed by atoms with Crippen molar-refractivity contribution in [2.24, 2.45) is 0 Å². The molecule has 1 aliphatic carbocycles. The highest BCUT2D eigenvalue weighted by Crippen LogP contribution is 2.27. The van der Waals surface area contributed by atoms with Gasteiger partial charge in [0.15, 0.2) is 0 Å². The molecule has 2 rings (SSSR count). The number of benzene rings is 1. The molecule has 1 unspecified atom stereocenters. The van der Waals surface area contributed by atoms with Gasteiger partial charge in [-0.2, -0.15) is 5.26 Å². The molecule has 96 valence electrons. The molecule has 1 fully saturated rings. The van der Waals surface area contributed by atoms with Crippen LogP contribution >= 0.6 is 0 Å². The van der Waals surface area contributed by atoms with Crippen LogP contribution in [-0.4, -0.2) is 30.6 Å². The standard InChI is InChI=1S/C14H20N4/c1-10(18(2)13-5-6-13)9-17-12-4-3-11(8-15)14(16)7-12/h3-4,7,10,13,17H,5-6,9,16H2,1-2H3. The maximum atomic E-state index is 8.81. The predicted molar refractivity (Wildman–Crippen MR) is 74.3 cm³/mol. The summed E-state index contributed by atoms with van der Waals surface area (Å²) in [6.07, 6.45) is 2.65. The maximum absolute atomic E-state index is 8.81. The molecule has 4 heteroatoms. The van der Waals surface area contributed by atoms with Crippen LogP contribution in [0.5, 0.6) is 0 Å². The summed E-state index contributed by atoms with van der Waals surface area (Å²) in [6.45, 7) is 3.11. The molecule has 0 saturated heterocycles. The van der Waals surface area contributed by atoms with Gasteiger partial charge in [-0.05, 0) is 45.0 Å². The van der Waals surface area contributed by atoms with Gasteiger partial charge < -0.3 is 11.1 Å². The molecule has 1 atom stereocenters. The minimum Gasteiger partial charge on any atom is -0.398 e. The topological polar surface area (TPSA) is 65.1 Å². The molecule has 0 heterocycles. The van der Waals surface area contributed by atoms with Gasteiger partial charge >= 0.3 is 0 Å². The van der Waals surface area contributed by atoms with Gasteiger partial charge in [0.1, 0.15) is 6.07 Å². The van der Waals surface area contributed by atoms with Crippen LogP contribution < -0.4 is 11.1 Å². The van der Waals surface area contributed by atoms with Crippen LogP contribution in [0.4, 0.5) is 11.4 Å². The average Bonchev–Trinajstić information content (AvgIpc) is 3.19. The predicted octanol–water partition coefficient (Wildman–Crippen LogP) is 2.04. The first-order valence-corrected chi connectivity index (χ1v) is 6.37. The molecule has 0 radical (unpaired) electrons. The highest BCUT2D eigenvalue weighted by atomic mass is 15.2. The number of anilines is 2. The number of rotatable bonds is 5. The fourth-order valence-corrected chi connectivity index (χ4v) is 2.03. The van der Waals surface area contributed by atoms with Crippen molar-refractivity contribution in [1.82, 2.24) is 4.90 Å². The molecular formula is C14H20N4. The Labute approximate surface area is 108 Å². The van der Waals surface area contributed by atoms with Gasteiger partial charge in [-0.3, -0.25) is 4.90 Å². The molecule has 0 amide bonds. The van der Waals surface area contributed by atoms with Gasteiger partial charge in [-0.15, -0.1) is 0 Å². The third-order valence-electron chi connectivity index (χ3n) is 3.59. The van der Waals surface area contributed by atoms with Crippen LogP contribution in [0.25, 0.3) is 0 Å². The SMILES string of the molecule is CC(CNc1ccc(C#N)c(N)c1)N(C)C1CC1. The second kappa shape index (κ2) is 5.28. The van der Waals surface area contributed by atoms with Crippen LogP contribution in [0, 0.1) is 11.3 Å². The number of nitrogens with one attached hydrogen (secondary N) is 1. The molecule has 4 nitrogen and oxygen atoms in total. The molecule has 1 aromatic carbocycles. The van der Waals surface area contributed by atoms with E-state index >= 15 is 0 Å². The van der Waals surface area contributed by atoms with Gasteiger partial charge in [0, 0.05) is 24.3 Å². The number of likely N-dealkylation sites (N-methyl/N-ethyl adjacent to an activating group) is 1. The lowest BCUT2D eigenvalue weighted by Crippen LogP contribution is -2.36. The lowest BCUT2D eigenvalue weighted by molar-refractivity contribution is 0.257. The first kappa shape index (κ1) is 12.7. The third kappa shape index (κ3) is 2.93. The smallest absolute Gasteiger partial charge is 0.101 e. The number of hydrogen-bond acceptors (Lipinski definition) is 4. The number of nitriles is 1. The van der Waals surface area contributed by atoms with Crippen molar-refractivity contribution in [2.75, 3.05) is 24.6 Å². The highest BCUT2D eigenvalue weighted by molar-refractivity contribution is 5.62. The Hall–Kier alpha value is -1.73. The van der Waals surface area contributed by atoms with E-state index in [1.807, 2.05) is 12.1 Å². The average molecular weight is 244 g/mol. The Bertz CT molecular complexity index is 459. The van der Waals surface area contributed by atoms with E-state index in [9.17, 15) is 0 Å². The zero-order valence-corrected chi connectivity index (χ0v) is 11.0. The van der Waals surface area contributed by atoms with Crippen LogP contribution in [0.3, 0.4) is 0 Å². The second-order valence-corrected chi connectivity index (χ2v) is 5.04. The van der Waals surface area contributed by atoms with Gasteiger partial charge in [0.25, 0.3) is 0 Å². The Morgan fingerprint density at radius 1 is 1.56 bits per heavy atom. The largest absolute Gasteiger partial charge is 0.398 e. The van der Waals surface area contributed by atoms with Gasteiger partial charge in [0.2, 0.25) is 0 Å². The Morgan fingerprint density at radius 3 is 2.83 bits per heavy atom. The summed E-state index contributed by atoms with van der Waals surface area (Å²) in [6, 6.07) is 8.81. The van der Waals surface area contributed by atoms with E-state index in [-0.39, 0.29) is 0 Å². The van der Waals surface area contributed by atoms with Gasteiger partial charge in [-0.25, -0.2) is 0 Å². The lowest BCUT2D eigenvalue weighted by atomic mass is 10.1. The summed E-state index contributed by atoms with van der Waals surface area (Å²) in [5.74, 6) is 0. The minimum absolute atomic E-state index is 0.495. The number of nitrogens with two attached hydrogens (primary N) is 1. The van der Waals surface area contributed by atoms with Crippen LogP contribution in [0.2, 0.25) is 0 Å². The van der Waals surface area contributed by atoms with Crippen LogP contribution in [0.1, 0.15) is 25.3 Å². The normalized spacial score (nSPS) is 16.3. The molecule has 1 aliphatic rings. The van der Waals surface area contributed by atoms with Crippen molar-refractivity contribution >= 4 is 11.4 Å². The van der Waals surface area contributed by atoms with Crippen LogP contribution in [0.15, 0.2) is 18.2 Å². The Balaban J connectivity index is 1.89. The van der Waals surface area contributed by atoms with E-state index in [0.717, 1.165) is 18.3 Å². The molecule has 0 aromatic heterocycles. The molecule has 1 aromatic rings. The van der Waals surface area contributed by atoms with E-state index in [0.29, 0.717) is 17.3 Å². The lowest BCUT2D eigenvalue weighted by Gasteiger charge is -2.25. The van der Waals surface area contributed by atoms with E-state index in [1.165, 1.54) is 12.8 Å². The highest BCUT2D eigenvalue weighted by Gasteiger charge is 2.28. The number of hydrogen-bond donors (Lipinski definition) is 2. The molecule has 3 N–H and O–H groups in total. The van der Waals surface area contributed by atoms with Crippen molar-refractivity contribution in [3.05, 3.63) is 23.8 Å². The first-order valence-electron chi connectivity index (χ1n) is 6.37. The zero-order chi connectivity index (χ0) is 13.1. The molecule has 0 spiro atoms. The molecule has 1 saturated carbocycles.